The van der Waals surface area contributed by atoms with Crippen LogP contribution in [0.15, 0.2) is 48.5 Å². The van der Waals surface area contributed by atoms with Crippen molar-refractivity contribution in [1.29, 1.82) is 0 Å². The van der Waals surface area contributed by atoms with Crippen LogP contribution in [0.3, 0.4) is 0 Å². The number of para-hydroxylation sites is 1. The van der Waals surface area contributed by atoms with Crippen molar-refractivity contribution in [3.63, 3.8) is 0 Å². The molecule has 0 heterocycles. The Labute approximate surface area is 136 Å². The lowest BCUT2D eigenvalue weighted by atomic mass is 10.1. The average molecular weight is 336 g/mol. The summed E-state index contributed by atoms with van der Waals surface area (Å²) in [7, 11) is 0. The van der Waals surface area contributed by atoms with Crippen molar-refractivity contribution in [2.45, 2.75) is 19.5 Å². The SMILES string of the molecule is CC(=O)Nc1ccc(CC(=O)Nc2ccccc2C(F)(F)F)cc1. The number of benzene rings is 2. The Bertz CT molecular complexity index is 740. The highest BCUT2D eigenvalue weighted by molar-refractivity contribution is 5.93. The van der Waals surface area contributed by atoms with Gasteiger partial charge in [-0.05, 0) is 29.8 Å². The lowest BCUT2D eigenvalue weighted by Crippen LogP contribution is -2.18. The Balaban J connectivity index is 2.05. The van der Waals surface area contributed by atoms with Gasteiger partial charge in [-0.25, -0.2) is 0 Å². The molecule has 0 aliphatic heterocycles. The van der Waals surface area contributed by atoms with Crippen LogP contribution in [0, 0.1) is 0 Å². The fourth-order valence-electron chi connectivity index (χ4n) is 2.13. The molecule has 24 heavy (non-hydrogen) atoms. The molecule has 2 aromatic rings. The van der Waals surface area contributed by atoms with E-state index in [0.717, 1.165) is 6.07 Å². The van der Waals surface area contributed by atoms with Gasteiger partial charge in [-0.1, -0.05) is 24.3 Å². The third kappa shape index (κ3) is 4.84. The summed E-state index contributed by atoms with van der Waals surface area (Å²) in [5, 5.41) is 4.87. The molecule has 0 aliphatic rings. The third-order valence-corrected chi connectivity index (χ3v) is 3.15. The molecule has 0 atom stereocenters. The van der Waals surface area contributed by atoms with E-state index in [4.69, 9.17) is 0 Å². The van der Waals surface area contributed by atoms with E-state index in [1.54, 1.807) is 24.3 Å². The molecule has 2 N–H and O–H groups in total. The van der Waals surface area contributed by atoms with Crippen LogP contribution < -0.4 is 10.6 Å². The number of halogens is 3. The van der Waals surface area contributed by atoms with Crippen molar-refractivity contribution < 1.29 is 22.8 Å². The van der Waals surface area contributed by atoms with Gasteiger partial charge < -0.3 is 10.6 Å². The van der Waals surface area contributed by atoms with Gasteiger partial charge in [0.05, 0.1) is 17.7 Å². The van der Waals surface area contributed by atoms with Gasteiger partial charge in [-0.15, -0.1) is 0 Å². The van der Waals surface area contributed by atoms with Crippen LogP contribution >= 0.6 is 0 Å². The van der Waals surface area contributed by atoms with Crippen LogP contribution in [0.1, 0.15) is 18.1 Å². The van der Waals surface area contributed by atoms with E-state index >= 15 is 0 Å². The average Bonchev–Trinajstić information content (AvgIpc) is 2.48. The summed E-state index contributed by atoms with van der Waals surface area (Å²) in [5.41, 5.74) is 0.0318. The monoisotopic (exact) mass is 336 g/mol. The van der Waals surface area contributed by atoms with E-state index in [1.807, 2.05) is 0 Å². The van der Waals surface area contributed by atoms with Crippen LogP contribution in [-0.4, -0.2) is 11.8 Å². The maximum Gasteiger partial charge on any atom is 0.418 e. The second-order valence-corrected chi connectivity index (χ2v) is 5.15. The largest absolute Gasteiger partial charge is 0.418 e. The summed E-state index contributed by atoms with van der Waals surface area (Å²) in [5.74, 6) is -0.775. The van der Waals surface area contributed by atoms with E-state index in [9.17, 15) is 22.8 Å². The maximum absolute atomic E-state index is 12.9. The predicted octanol–water partition coefficient (Wildman–Crippen LogP) is 3.85. The Morgan fingerprint density at radius 3 is 2.17 bits per heavy atom. The molecule has 2 aromatic carbocycles. The Morgan fingerprint density at radius 2 is 1.58 bits per heavy atom. The first-order valence-electron chi connectivity index (χ1n) is 7.08. The van der Waals surface area contributed by atoms with E-state index in [1.165, 1.54) is 25.1 Å². The van der Waals surface area contributed by atoms with Gasteiger partial charge in [-0.3, -0.25) is 9.59 Å². The van der Waals surface area contributed by atoms with Crippen LogP contribution in [0.4, 0.5) is 24.5 Å². The second-order valence-electron chi connectivity index (χ2n) is 5.15. The second kappa shape index (κ2) is 7.16. The Hall–Kier alpha value is -2.83. The molecule has 2 rings (SSSR count). The summed E-state index contributed by atoms with van der Waals surface area (Å²) < 4.78 is 38.7. The predicted molar refractivity (Wildman–Crippen MR) is 84.5 cm³/mol. The highest BCUT2D eigenvalue weighted by Gasteiger charge is 2.33. The van der Waals surface area contributed by atoms with E-state index in [-0.39, 0.29) is 18.0 Å². The Morgan fingerprint density at radius 1 is 0.958 bits per heavy atom. The minimum absolute atomic E-state index is 0.0768. The lowest BCUT2D eigenvalue weighted by molar-refractivity contribution is -0.137. The zero-order valence-corrected chi connectivity index (χ0v) is 12.8. The molecule has 0 aliphatic carbocycles. The molecule has 0 radical (unpaired) electrons. The van der Waals surface area contributed by atoms with Gasteiger partial charge in [0.1, 0.15) is 0 Å². The molecular formula is C17H15F3N2O2. The molecular weight excluding hydrogens is 321 g/mol. The fraction of sp³-hybridized carbons (Fsp3) is 0.176. The van der Waals surface area contributed by atoms with Crippen LogP contribution in [0.5, 0.6) is 0 Å². The normalized spacial score (nSPS) is 11.0. The van der Waals surface area contributed by atoms with Crippen LogP contribution in [0.2, 0.25) is 0 Å². The van der Waals surface area contributed by atoms with Gasteiger partial charge >= 0.3 is 6.18 Å². The number of hydrogen-bond acceptors (Lipinski definition) is 2. The molecule has 7 heteroatoms. The van der Waals surface area contributed by atoms with Crippen molar-refractivity contribution in [3.05, 3.63) is 59.7 Å². The summed E-state index contributed by atoms with van der Waals surface area (Å²) >= 11 is 0. The van der Waals surface area contributed by atoms with Crippen molar-refractivity contribution in [2.24, 2.45) is 0 Å². The van der Waals surface area contributed by atoms with Crippen LogP contribution in [-0.2, 0) is 22.2 Å². The molecule has 0 spiro atoms. The van der Waals surface area contributed by atoms with Gasteiger partial charge in [0.25, 0.3) is 0 Å². The topological polar surface area (TPSA) is 58.2 Å². The summed E-state index contributed by atoms with van der Waals surface area (Å²) in [6, 6.07) is 11.3. The molecule has 0 saturated carbocycles. The van der Waals surface area contributed by atoms with Gasteiger partial charge in [0, 0.05) is 12.6 Å². The Kier molecular flexibility index (Phi) is 5.23. The van der Waals surface area contributed by atoms with Crippen LogP contribution in [0.25, 0.3) is 0 Å². The minimum Gasteiger partial charge on any atom is -0.326 e. The number of carbonyl (C=O) groups is 2. The van der Waals surface area contributed by atoms with E-state index in [2.05, 4.69) is 10.6 Å². The lowest BCUT2D eigenvalue weighted by Gasteiger charge is -2.13. The minimum atomic E-state index is -4.54. The van der Waals surface area contributed by atoms with Gasteiger partial charge in [-0.2, -0.15) is 13.2 Å². The first-order valence-corrected chi connectivity index (χ1v) is 7.08. The van der Waals surface area contributed by atoms with Crippen molar-refractivity contribution in [2.75, 3.05) is 10.6 Å². The van der Waals surface area contributed by atoms with E-state index < -0.39 is 17.6 Å². The van der Waals surface area contributed by atoms with Crippen molar-refractivity contribution in [1.82, 2.24) is 0 Å². The highest BCUT2D eigenvalue weighted by atomic mass is 19.4. The number of alkyl halides is 3. The molecule has 0 unspecified atom stereocenters. The number of carbonyl (C=O) groups excluding carboxylic acids is 2. The standard InChI is InChI=1S/C17H15F3N2O2/c1-11(23)21-13-8-6-12(7-9-13)10-16(24)22-15-5-3-2-4-14(15)17(18,19)20/h2-9H,10H2,1H3,(H,21,23)(H,22,24). The summed E-state index contributed by atoms with van der Waals surface area (Å²) in [6.07, 6.45) is -4.61. The molecule has 126 valence electrons. The fourth-order valence-corrected chi connectivity index (χ4v) is 2.13. The van der Waals surface area contributed by atoms with Gasteiger partial charge in [0.15, 0.2) is 0 Å². The zero-order valence-electron chi connectivity index (χ0n) is 12.8. The first kappa shape index (κ1) is 17.5. The van der Waals surface area contributed by atoms with E-state index in [0.29, 0.717) is 11.3 Å². The summed E-state index contributed by atoms with van der Waals surface area (Å²) in [6.45, 7) is 1.37. The van der Waals surface area contributed by atoms with Crippen molar-refractivity contribution in [3.8, 4) is 0 Å². The molecule has 0 bridgehead atoms. The summed E-state index contributed by atoms with van der Waals surface area (Å²) in [4.78, 5) is 22.9. The molecule has 2 amide bonds. The molecule has 0 aromatic heterocycles. The smallest absolute Gasteiger partial charge is 0.326 e. The molecule has 4 nitrogen and oxygen atoms in total. The number of hydrogen-bond donors (Lipinski definition) is 2. The van der Waals surface area contributed by atoms with Gasteiger partial charge in [0.2, 0.25) is 11.8 Å². The molecule has 0 saturated heterocycles. The first-order chi connectivity index (χ1) is 11.3. The van der Waals surface area contributed by atoms with Crippen molar-refractivity contribution >= 4 is 23.2 Å². The zero-order chi connectivity index (χ0) is 17.7. The number of nitrogens with one attached hydrogen (secondary N) is 2. The number of rotatable bonds is 4. The number of amides is 2. The highest BCUT2D eigenvalue weighted by Crippen LogP contribution is 2.34. The quantitative estimate of drug-likeness (QED) is 0.891. The maximum atomic E-state index is 12.9. The third-order valence-electron chi connectivity index (χ3n) is 3.15. The number of anilines is 2. The molecule has 0 fully saturated rings.